The van der Waals surface area contributed by atoms with E-state index >= 15 is 0 Å². The van der Waals surface area contributed by atoms with Crippen molar-refractivity contribution in [2.24, 2.45) is 0 Å². The molecule has 2 aromatic rings. The molecule has 0 atom stereocenters. The molecule has 1 fully saturated rings. The minimum Gasteiger partial charge on any atom is -0.493 e. The molecule has 1 saturated heterocycles. The number of rotatable bonds is 10. The molecule has 6 nitrogen and oxygen atoms in total. The van der Waals surface area contributed by atoms with E-state index in [1.54, 1.807) is 0 Å². The molecule has 1 N–H and O–H groups in total. The van der Waals surface area contributed by atoms with Gasteiger partial charge in [0.05, 0.1) is 6.61 Å². The van der Waals surface area contributed by atoms with Crippen LogP contribution < -0.4 is 14.8 Å². The van der Waals surface area contributed by atoms with Gasteiger partial charge >= 0.3 is 0 Å². The molecule has 0 bridgehead atoms. The van der Waals surface area contributed by atoms with Gasteiger partial charge in [0, 0.05) is 25.6 Å². The molecule has 172 valence electrons. The molecule has 0 unspecified atom stereocenters. The third-order valence-corrected chi connectivity index (χ3v) is 5.82. The lowest BCUT2D eigenvalue weighted by Crippen LogP contribution is -2.47. The van der Waals surface area contributed by atoms with E-state index in [9.17, 15) is 9.59 Å². The van der Waals surface area contributed by atoms with E-state index in [2.05, 4.69) is 12.2 Å². The summed E-state index contributed by atoms with van der Waals surface area (Å²) in [7, 11) is 0. The zero-order valence-corrected chi connectivity index (χ0v) is 19.1. The van der Waals surface area contributed by atoms with Crippen molar-refractivity contribution in [3.63, 3.8) is 0 Å². The highest BCUT2D eigenvalue weighted by Crippen LogP contribution is 2.19. The van der Waals surface area contributed by atoms with E-state index in [1.165, 1.54) is 0 Å². The van der Waals surface area contributed by atoms with Gasteiger partial charge in [0.1, 0.15) is 11.5 Å². The average Bonchev–Trinajstić information content (AvgIpc) is 2.82. The van der Waals surface area contributed by atoms with Crippen LogP contribution in [0.4, 0.5) is 0 Å². The van der Waals surface area contributed by atoms with Crippen LogP contribution in [0.2, 0.25) is 0 Å². The van der Waals surface area contributed by atoms with Crippen LogP contribution in [0.1, 0.15) is 43.7 Å². The molecule has 0 radical (unpaired) electrons. The average molecular weight is 439 g/mol. The summed E-state index contributed by atoms with van der Waals surface area (Å²) < 4.78 is 11.5. The number of likely N-dealkylation sites (tertiary alicyclic amines) is 1. The number of piperidine rings is 1. The SMILES string of the molecule is CCc1ccccc1OCC(=O)N1CCC(NC(=O)CCCOc2ccccc2C)CC1. The number of aryl methyl sites for hydroxylation is 2. The van der Waals surface area contributed by atoms with Crippen LogP contribution in [0.3, 0.4) is 0 Å². The van der Waals surface area contributed by atoms with Gasteiger partial charge in [-0.25, -0.2) is 0 Å². The summed E-state index contributed by atoms with van der Waals surface area (Å²) in [5.41, 5.74) is 2.20. The van der Waals surface area contributed by atoms with Gasteiger partial charge in [-0.05, 0) is 55.9 Å². The molecular weight excluding hydrogens is 404 g/mol. The van der Waals surface area contributed by atoms with Crippen LogP contribution in [-0.4, -0.2) is 49.1 Å². The van der Waals surface area contributed by atoms with Gasteiger partial charge in [0.15, 0.2) is 6.61 Å². The molecule has 0 aromatic heterocycles. The molecule has 1 heterocycles. The number of ether oxygens (including phenoxy) is 2. The summed E-state index contributed by atoms with van der Waals surface area (Å²) in [5.74, 6) is 1.68. The maximum absolute atomic E-state index is 12.5. The van der Waals surface area contributed by atoms with E-state index in [4.69, 9.17) is 9.47 Å². The second-order valence-corrected chi connectivity index (χ2v) is 8.19. The molecule has 32 heavy (non-hydrogen) atoms. The lowest BCUT2D eigenvalue weighted by Gasteiger charge is -2.32. The number of nitrogens with one attached hydrogen (secondary N) is 1. The standard InChI is InChI=1S/C26H34N2O4/c1-3-21-10-5-7-12-24(21)32-19-26(30)28-16-14-22(15-17-28)27-25(29)13-8-18-31-23-11-6-4-9-20(23)2/h4-7,9-12,22H,3,8,13-19H2,1-2H3,(H,27,29). The van der Waals surface area contributed by atoms with Crippen molar-refractivity contribution in [1.29, 1.82) is 0 Å². The molecule has 2 aromatic carbocycles. The number of carbonyl (C=O) groups is 2. The third-order valence-electron chi connectivity index (χ3n) is 5.82. The first-order valence-corrected chi connectivity index (χ1v) is 11.5. The van der Waals surface area contributed by atoms with Crippen LogP contribution >= 0.6 is 0 Å². The van der Waals surface area contributed by atoms with Crippen molar-refractivity contribution in [2.75, 3.05) is 26.3 Å². The second kappa shape index (κ2) is 12.1. The molecule has 0 saturated carbocycles. The number of nitrogens with zero attached hydrogens (tertiary/aromatic N) is 1. The van der Waals surface area contributed by atoms with E-state index in [0.717, 1.165) is 41.9 Å². The highest BCUT2D eigenvalue weighted by molar-refractivity contribution is 5.78. The maximum atomic E-state index is 12.5. The Balaban J connectivity index is 1.31. The van der Waals surface area contributed by atoms with E-state index in [1.807, 2.05) is 60.4 Å². The summed E-state index contributed by atoms with van der Waals surface area (Å²) in [6.07, 6.45) is 3.52. The number of carbonyl (C=O) groups excluding carboxylic acids is 2. The second-order valence-electron chi connectivity index (χ2n) is 8.19. The van der Waals surface area contributed by atoms with Gasteiger partial charge in [-0.3, -0.25) is 9.59 Å². The van der Waals surface area contributed by atoms with Gasteiger partial charge in [-0.15, -0.1) is 0 Å². The van der Waals surface area contributed by atoms with Gasteiger partial charge in [0.25, 0.3) is 5.91 Å². The predicted molar refractivity (Wildman–Crippen MR) is 125 cm³/mol. The minimum atomic E-state index is -0.00552. The number of hydrogen-bond donors (Lipinski definition) is 1. The first kappa shape index (κ1) is 23.6. The Morgan fingerprint density at radius 1 is 1.00 bits per heavy atom. The van der Waals surface area contributed by atoms with E-state index < -0.39 is 0 Å². The molecule has 6 heteroatoms. The Bertz CT molecular complexity index is 891. The molecule has 0 aliphatic carbocycles. The van der Waals surface area contributed by atoms with Gasteiger partial charge in [0.2, 0.25) is 5.91 Å². The fourth-order valence-corrected chi connectivity index (χ4v) is 3.87. The van der Waals surface area contributed by atoms with Crippen molar-refractivity contribution >= 4 is 11.8 Å². The van der Waals surface area contributed by atoms with Crippen molar-refractivity contribution in [3.8, 4) is 11.5 Å². The lowest BCUT2D eigenvalue weighted by atomic mass is 10.0. The first-order chi connectivity index (χ1) is 15.6. The fraction of sp³-hybridized carbons (Fsp3) is 0.462. The lowest BCUT2D eigenvalue weighted by molar-refractivity contribution is -0.134. The monoisotopic (exact) mass is 438 g/mol. The Morgan fingerprint density at radius 3 is 2.41 bits per heavy atom. The zero-order chi connectivity index (χ0) is 22.8. The smallest absolute Gasteiger partial charge is 0.260 e. The fourth-order valence-electron chi connectivity index (χ4n) is 3.87. The van der Waals surface area contributed by atoms with Crippen LogP contribution in [0.5, 0.6) is 11.5 Å². The largest absolute Gasteiger partial charge is 0.493 e. The summed E-state index contributed by atoms with van der Waals surface area (Å²) >= 11 is 0. The van der Waals surface area contributed by atoms with E-state index in [-0.39, 0.29) is 24.5 Å². The van der Waals surface area contributed by atoms with Crippen molar-refractivity contribution in [3.05, 3.63) is 59.7 Å². The van der Waals surface area contributed by atoms with Gasteiger partial charge in [-0.1, -0.05) is 43.3 Å². The maximum Gasteiger partial charge on any atom is 0.260 e. The molecule has 1 aliphatic heterocycles. The number of hydrogen-bond acceptors (Lipinski definition) is 4. The quantitative estimate of drug-likeness (QED) is 0.571. The summed E-state index contributed by atoms with van der Waals surface area (Å²) in [6.45, 7) is 5.93. The zero-order valence-electron chi connectivity index (χ0n) is 19.1. The highest BCUT2D eigenvalue weighted by Gasteiger charge is 2.24. The third kappa shape index (κ3) is 7.01. The highest BCUT2D eigenvalue weighted by atomic mass is 16.5. The number of benzene rings is 2. The Morgan fingerprint density at radius 2 is 1.69 bits per heavy atom. The Hall–Kier alpha value is -3.02. The van der Waals surface area contributed by atoms with Crippen LogP contribution in [0, 0.1) is 6.92 Å². The predicted octanol–water partition coefficient (Wildman–Crippen LogP) is 3.90. The van der Waals surface area contributed by atoms with Crippen molar-refractivity contribution in [1.82, 2.24) is 10.2 Å². The van der Waals surface area contributed by atoms with Crippen LogP contribution in [0.15, 0.2) is 48.5 Å². The number of para-hydroxylation sites is 2. The molecule has 1 aliphatic rings. The van der Waals surface area contributed by atoms with Gasteiger partial charge in [-0.2, -0.15) is 0 Å². The molecular formula is C26H34N2O4. The van der Waals surface area contributed by atoms with E-state index in [0.29, 0.717) is 32.5 Å². The minimum absolute atomic E-state index is 0.00552. The molecule has 2 amide bonds. The Labute approximate surface area is 190 Å². The normalized spacial score (nSPS) is 14.1. The summed E-state index contributed by atoms with van der Waals surface area (Å²) in [4.78, 5) is 26.6. The van der Waals surface area contributed by atoms with Crippen LogP contribution in [-0.2, 0) is 16.0 Å². The molecule has 0 spiro atoms. The van der Waals surface area contributed by atoms with Crippen LogP contribution in [0.25, 0.3) is 0 Å². The Kier molecular flexibility index (Phi) is 8.96. The first-order valence-electron chi connectivity index (χ1n) is 11.5. The number of amides is 2. The summed E-state index contributed by atoms with van der Waals surface area (Å²) in [5, 5.41) is 3.10. The summed E-state index contributed by atoms with van der Waals surface area (Å²) in [6, 6.07) is 15.8. The van der Waals surface area contributed by atoms with Crippen molar-refractivity contribution < 1.29 is 19.1 Å². The van der Waals surface area contributed by atoms with Crippen molar-refractivity contribution in [2.45, 2.75) is 52.0 Å². The van der Waals surface area contributed by atoms with Gasteiger partial charge < -0.3 is 19.7 Å². The molecule has 3 rings (SSSR count). The topological polar surface area (TPSA) is 67.9 Å².